The van der Waals surface area contributed by atoms with E-state index in [9.17, 15) is 9.18 Å². The van der Waals surface area contributed by atoms with Gasteiger partial charge in [0.15, 0.2) is 5.65 Å². The zero-order chi connectivity index (χ0) is 15.0. The number of carboxylic acids is 1. The fraction of sp³-hybridized carbons (Fsp3) is 0.0769. The van der Waals surface area contributed by atoms with Crippen LogP contribution in [0.15, 0.2) is 40.6 Å². The molecule has 0 saturated heterocycles. The molecule has 21 heavy (non-hydrogen) atoms. The van der Waals surface area contributed by atoms with Crippen molar-refractivity contribution in [2.24, 2.45) is 7.05 Å². The summed E-state index contributed by atoms with van der Waals surface area (Å²) in [6.45, 7) is 0. The quantitative estimate of drug-likeness (QED) is 0.748. The van der Waals surface area contributed by atoms with E-state index < -0.39 is 11.8 Å². The van der Waals surface area contributed by atoms with Crippen molar-refractivity contribution in [3.8, 4) is 0 Å². The number of hydrogen-bond donors (Lipinski definition) is 1. The monoisotopic (exact) mass is 304 g/mol. The maximum atomic E-state index is 13.4. The molecule has 0 aliphatic heterocycles. The highest BCUT2D eigenvalue weighted by Crippen LogP contribution is 2.31. The van der Waals surface area contributed by atoms with Crippen molar-refractivity contribution in [1.82, 2.24) is 19.7 Å². The molecule has 0 unspecified atom stereocenters. The highest BCUT2D eigenvalue weighted by atomic mass is 32.2. The Balaban J connectivity index is 2.03. The molecule has 0 bridgehead atoms. The van der Waals surface area contributed by atoms with E-state index in [2.05, 4.69) is 15.1 Å². The summed E-state index contributed by atoms with van der Waals surface area (Å²) in [6.07, 6.45) is 3.05. The van der Waals surface area contributed by atoms with E-state index in [0.717, 1.165) is 11.5 Å². The van der Waals surface area contributed by atoms with Crippen molar-refractivity contribution in [2.45, 2.75) is 9.92 Å². The van der Waals surface area contributed by atoms with Crippen molar-refractivity contribution >= 4 is 28.8 Å². The number of fused-ring (bicyclic) bond motifs is 1. The number of halogens is 1. The molecule has 0 atom stereocenters. The molecule has 0 saturated carbocycles. The van der Waals surface area contributed by atoms with Gasteiger partial charge in [0, 0.05) is 11.9 Å². The first kappa shape index (κ1) is 13.5. The zero-order valence-electron chi connectivity index (χ0n) is 10.8. The summed E-state index contributed by atoms with van der Waals surface area (Å²) in [4.78, 5) is 19.8. The molecular weight excluding hydrogens is 295 g/mol. The lowest BCUT2D eigenvalue weighted by Gasteiger charge is -2.04. The van der Waals surface area contributed by atoms with Crippen LogP contribution < -0.4 is 0 Å². The summed E-state index contributed by atoms with van der Waals surface area (Å²) in [5.74, 6) is -2.06. The van der Waals surface area contributed by atoms with Crippen LogP contribution in [0.1, 0.15) is 10.4 Å². The molecule has 0 fully saturated rings. The number of rotatable bonds is 3. The molecule has 8 heteroatoms. The number of aromatic carboxylic acids is 1. The summed E-state index contributed by atoms with van der Waals surface area (Å²) >= 11 is 1.24. The molecule has 106 valence electrons. The van der Waals surface area contributed by atoms with Gasteiger partial charge in [0.05, 0.1) is 17.1 Å². The van der Waals surface area contributed by atoms with Gasteiger partial charge >= 0.3 is 5.97 Å². The fourth-order valence-corrected chi connectivity index (χ4v) is 2.76. The van der Waals surface area contributed by atoms with Gasteiger partial charge in [-0.3, -0.25) is 4.68 Å². The lowest BCUT2D eigenvalue weighted by atomic mass is 10.2. The Morgan fingerprint density at radius 3 is 2.95 bits per heavy atom. The minimum atomic E-state index is -1.30. The molecule has 1 N–H and O–H groups in total. The Kier molecular flexibility index (Phi) is 3.30. The third kappa shape index (κ3) is 2.45. The van der Waals surface area contributed by atoms with E-state index >= 15 is 0 Å². The highest BCUT2D eigenvalue weighted by Gasteiger charge is 2.13. The number of carboxylic acid groups (broad SMARTS) is 1. The summed E-state index contributed by atoms with van der Waals surface area (Å²) in [6, 6.07) is 3.93. The van der Waals surface area contributed by atoms with Crippen LogP contribution in [-0.4, -0.2) is 30.8 Å². The summed E-state index contributed by atoms with van der Waals surface area (Å²) in [5, 5.41) is 14.4. The molecule has 3 aromatic rings. The largest absolute Gasteiger partial charge is 0.478 e. The highest BCUT2D eigenvalue weighted by molar-refractivity contribution is 7.99. The minimum Gasteiger partial charge on any atom is -0.478 e. The number of aryl methyl sites for hydroxylation is 1. The molecule has 1 aromatic carbocycles. The van der Waals surface area contributed by atoms with E-state index in [1.807, 2.05) is 0 Å². The second-order valence-electron chi connectivity index (χ2n) is 4.23. The van der Waals surface area contributed by atoms with Crippen LogP contribution in [-0.2, 0) is 7.05 Å². The molecule has 0 aliphatic carbocycles. The van der Waals surface area contributed by atoms with Crippen LogP contribution in [0.4, 0.5) is 4.39 Å². The number of carbonyl (C=O) groups is 1. The summed E-state index contributed by atoms with van der Waals surface area (Å²) in [7, 11) is 1.77. The van der Waals surface area contributed by atoms with Gasteiger partial charge in [-0.15, -0.1) is 0 Å². The van der Waals surface area contributed by atoms with E-state index in [-0.39, 0.29) is 5.56 Å². The third-order valence-corrected chi connectivity index (χ3v) is 3.88. The number of benzene rings is 1. The first-order valence-corrected chi connectivity index (χ1v) is 6.71. The van der Waals surface area contributed by atoms with Gasteiger partial charge in [-0.1, -0.05) is 11.8 Å². The normalized spacial score (nSPS) is 11.0. The maximum Gasteiger partial charge on any atom is 0.338 e. The molecule has 0 aliphatic rings. The van der Waals surface area contributed by atoms with Crippen molar-refractivity contribution in [2.75, 3.05) is 0 Å². The molecule has 3 rings (SSSR count). The van der Waals surface area contributed by atoms with Crippen molar-refractivity contribution in [1.29, 1.82) is 0 Å². The van der Waals surface area contributed by atoms with Crippen LogP contribution in [0.2, 0.25) is 0 Å². The van der Waals surface area contributed by atoms with Crippen LogP contribution >= 0.6 is 11.8 Å². The maximum absolute atomic E-state index is 13.4. The Morgan fingerprint density at radius 1 is 1.38 bits per heavy atom. The van der Waals surface area contributed by atoms with Crippen LogP contribution in [0, 0.1) is 5.82 Å². The average molecular weight is 304 g/mol. The van der Waals surface area contributed by atoms with Gasteiger partial charge in [-0.2, -0.15) is 5.10 Å². The van der Waals surface area contributed by atoms with Gasteiger partial charge in [-0.05, 0) is 18.2 Å². The molecule has 6 nitrogen and oxygen atoms in total. The zero-order valence-corrected chi connectivity index (χ0v) is 11.6. The molecule has 0 spiro atoms. The summed E-state index contributed by atoms with van der Waals surface area (Å²) < 4.78 is 15.0. The third-order valence-electron chi connectivity index (χ3n) is 2.88. The van der Waals surface area contributed by atoms with E-state index in [0.29, 0.717) is 15.6 Å². The molecule has 2 heterocycles. The van der Waals surface area contributed by atoms with Crippen LogP contribution in [0.3, 0.4) is 0 Å². The smallest absolute Gasteiger partial charge is 0.338 e. The van der Waals surface area contributed by atoms with Crippen LogP contribution in [0.5, 0.6) is 0 Å². The molecule has 0 radical (unpaired) electrons. The minimum absolute atomic E-state index is 0.364. The average Bonchev–Trinajstić information content (AvgIpc) is 2.84. The molecule has 0 amide bonds. The summed E-state index contributed by atoms with van der Waals surface area (Å²) in [5.41, 5.74) is 0.310. The predicted octanol–water partition coefficient (Wildman–Crippen LogP) is 2.35. The van der Waals surface area contributed by atoms with Crippen LogP contribution in [0.25, 0.3) is 11.0 Å². The number of aromatic nitrogens is 4. The topological polar surface area (TPSA) is 80.9 Å². The Morgan fingerprint density at radius 2 is 2.19 bits per heavy atom. The fourth-order valence-electron chi connectivity index (χ4n) is 1.87. The molecular formula is C13H9FN4O2S. The van der Waals surface area contributed by atoms with E-state index in [1.165, 1.54) is 30.2 Å². The van der Waals surface area contributed by atoms with Gasteiger partial charge in [0.1, 0.15) is 17.2 Å². The SMILES string of the molecule is Cn1ncc2c(Sc3ccc(F)c(C(=O)O)c3)ncnc21. The lowest BCUT2D eigenvalue weighted by Crippen LogP contribution is -2.00. The first-order chi connectivity index (χ1) is 10.1. The second-order valence-corrected chi connectivity index (χ2v) is 5.30. The van der Waals surface area contributed by atoms with Gasteiger partial charge in [0.25, 0.3) is 0 Å². The Hall–Kier alpha value is -2.48. The van der Waals surface area contributed by atoms with Gasteiger partial charge < -0.3 is 5.11 Å². The van der Waals surface area contributed by atoms with Crippen molar-refractivity contribution in [3.63, 3.8) is 0 Å². The van der Waals surface area contributed by atoms with Crippen molar-refractivity contribution < 1.29 is 14.3 Å². The number of nitrogens with zero attached hydrogens (tertiary/aromatic N) is 4. The predicted molar refractivity (Wildman–Crippen MR) is 73.8 cm³/mol. The van der Waals surface area contributed by atoms with E-state index in [4.69, 9.17) is 5.11 Å². The number of hydrogen-bond acceptors (Lipinski definition) is 5. The van der Waals surface area contributed by atoms with Crippen molar-refractivity contribution in [3.05, 3.63) is 42.1 Å². The Bertz CT molecular complexity index is 849. The Labute approximate surface area is 122 Å². The van der Waals surface area contributed by atoms with Gasteiger partial charge in [0.2, 0.25) is 0 Å². The van der Waals surface area contributed by atoms with Gasteiger partial charge in [-0.25, -0.2) is 19.2 Å². The molecule has 2 aromatic heterocycles. The lowest BCUT2D eigenvalue weighted by molar-refractivity contribution is 0.0691. The standard InChI is InChI=1S/C13H9FN4O2S/c1-18-11-9(5-17-18)12(16-6-15-11)21-7-2-3-10(14)8(4-7)13(19)20/h2-6H,1H3,(H,19,20). The second kappa shape index (κ2) is 5.13. The van der Waals surface area contributed by atoms with E-state index in [1.54, 1.807) is 17.9 Å². The first-order valence-electron chi connectivity index (χ1n) is 5.89.